The number of piperidine rings is 1. The first-order valence-electron chi connectivity index (χ1n) is 7.39. The molecule has 21 heavy (non-hydrogen) atoms. The van der Waals surface area contributed by atoms with Gasteiger partial charge in [0.25, 0.3) is 0 Å². The van der Waals surface area contributed by atoms with Gasteiger partial charge in [0, 0.05) is 18.7 Å². The summed E-state index contributed by atoms with van der Waals surface area (Å²) in [5, 5.41) is 12.2. The molecule has 1 heterocycles. The molecule has 1 fully saturated rings. The first-order valence-corrected chi connectivity index (χ1v) is 7.39. The van der Waals surface area contributed by atoms with Crippen LogP contribution in [0.15, 0.2) is 30.3 Å². The molecule has 114 valence electrons. The predicted octanol–water partition coefficient (Wildman–Crippen LogP) is 2.20. The van der Waals surface area contributed by atoms with E-state index in [0.29, 0.717) is 13.0 Å². The number of carboxylic acid groups (broad SMARTS) is 1. The lowest BCUT2D eigenvalue weighted by Gasteiger charge is -2.37. The van der Waals surface area contributed by atoms with Gasteiger partial charge >= 0.3 is 5.97 Å². The highest BCUT2D eigenvalue weighted by Gasteiger charge is 2.33. The minimum Gasteiger partial charge on any atom is -0.480 e. The molecule has 1 saturated heterocycles. The van der Waals surface area contributed by atoms with Gasteiger partial charge in [0.1, 0.15) is 6.04 Å². The van der Waals surface area contributed by atoms with E-state index in [0.717, 1.165) is 25.1 Å². The van der Waals surface area contributed by atoms with Crippen molar-refractivity contribution in [2.45, 2.75) is 32.2 Å². The van der Waals surface area contributed by atoms with Gasteiger partial charge in [-0.25, -0.2) is 0 Å². The van der Waals surface area contributed by atoms with Gasteiger partial charge in [0.15, 0.2) is 0 Å². The number of benzene rings is 1. The minimum atomic E-state index is -0.786. The topological polar surface area (TPSA) is 69.6 Å². The van der Waals surface area contributed by atoms with Crippen LogP contribution in [0, 0.1) is 5.92 Å². The van der Waals surface area contributed by atoms with Crippen molar-refractivity contribution in [1.29, 1.82) is 0 Å². The number of hydrogen-bond acceptors (Lipinski definition) is 3. The number of amides is 1. The maximum atomic E-state index is 11.9. The van der Waals surface area contributed by atoms with E-state index in [4.69, 9.17) is 0 Å². The molecular weight excluding hydrogens is 268 g/mol. The van der Waals surface area contributed by atoms with Crippen molar-refractivity contribution in [2.75, 3.05) is 18.4 Å². The highest BCUT2D eigenvalue weighted by molar-refractivity contribution is 5.90. The van der Waals surface area contributed by atoms with Crippen molar-refractivity contribution in [3.63, 3.8) is 0 Å². The number of carboxylic acids is 1. The Morgan fingerprint density at radius 3 is 2.71 bits per heavy atom. The maximum absolute atomic E-state index is 11.9. The quantitative estimate of drug-likeness (QED) is 0.872. The Morgan fingerprint density at radius 1 is 1.33 bits per heavy atom. The van der Waals surface area contributed by atoms with Gasteiger partial charge in [-0.15, -0.1) is 0 Å². The van der Waals surface area contributed by atoms with Crippen LogP contribution in [0.4, 0.5) is 5.69 Å². The Balaban J connectivity index is 1.86. The summed E-state index contributed by atoms with van der Waals surface area (Å²) < 4.78 is 0. The first-order chi connectivity index (χ1) is 10.1. The van der Waals surface area contributed by atoms with E-state index in [1.54, 1.807) is 0 Å². The lowest BCUT2D eigenvalue weighted by atomic mass is 9.90. The second-order valence-corrected chi connectivity index (χ2v) is 5.60. The van der Waals surface area contributed by atoms with Crippen LogP contribution in [-0.2, 0) is 9.59 Å². The molecule has 0 radical (unpaired) electrons. The third-order valence-electron chi connectivity index (χ3n) is 3.97. The normalized spacial score (nSPS) is 22.7. The number of likely N-dealkylation sites (tertiary alicyclic amines) is 1. The molecule has 2 rings (SSSR count). The molecule has 0 aliphatic carbocycles. The van der Waals surface area contributed by atoms with Crippen molar-refractivity contribution in [2.24, 2.45) is 5.92 Å². The summed E-state index contributed by atoms with van der Waals surface area (Å²) in [7, 11) is 0. The van der Waals surface area contributed by atoms with Gasteiger partial charge in [-0.2, -0.15) is 0 Å². The van der Waals surface area contributed by atoms with Crippen LogP contribution >= 0.6 is 0 Å². The zero-order valence-corrected chi connectivity index (χ0v) is 12.3. The average Bonchev–Trinajstić information content (AvgIpc) is 2.45. The molecule has 1 aliphatic heterocycles. The van der Waals surface area contributed by atoms with E-state index < -0.39 is 12.0 Å². The van der Waals surface area contributed by atoms with Crippen molar-refractivity contribution in [1.82, 2.24) is 4.90 Å². The number of anilines is 1. The van der Waals surface area contributed by atoms with Crippen LogP contribution in [0.3, 0.4) is 0 Å². The Kier molecular flexibility index (Phi) is 5.33. The number of carbonyl (C=O) groups is 2. The van der Waals surface area contributed by atoms with Crippen LogP contribution in [0.5, 0.6) is 0 Å². The zero-order valence-electron chi connectivity index (χ0n) is 12.3. The van der Waals surface area contributed by atoms with Crippen LogP contribution in [0.1, 0.15) is 26.2 Å². The van der Waals surface area contributed by atoms with Crippen molar-refractivity contribution >= 4 is 17.6 Å². The lowest BCUT2D eigenvalue weighted by Crippen LogP contribution is -2.49. The molecular formula is C16H22N2O3. The Labute approximate surface area is 125 Å². The summed E-state index contributed by atoms with van der Waals surface area (Å²) in [5.74, 6) is -0.734. The number of hydrogen-bond donors (Lipinski definition) is 2. The largest absolute Gasteiger partial charge is 0.480 e. The minimum absolute atomic E-state index is 0.0800. The van der Waals surface area contributed by atoms with E-state index >= 15 is 0 Å². The van der Waals surface area contributed by atoms with Crippen molar-refractivity contribution in [3.05, 3.63) is 30.3 Å². The number of para-hydroxylation sites is 1. The number of nitrogens with zero attached hydrogens (tertiary/aromatic N) is 1. The maximum Gasteiger partial charge on any atom is 0.321 e. The Morgan fingerprint density at radius 2 is 2.05 bits per heavy atom. The number of rotatable bonds is 5. The molecule has 2 N–H and O–H groups in total. The predicted molar refractivity (Wildman–Crippen MR) is 81.1 cm³/mol. The third-order valence-corrected chi connectivity index (χ3v) is 3.97. The second kappa shape index (κ2) is 7.22. The summed E-state index contributed by atoms with van der Waals surface area (Å²) in [6.45, 7) is 3.20. The number of aliphatic carboxylic acids is 1. The van der Waals surface area contributed by atoms with Crippen molar-refractivity contribution < 1.29 is 14.7 Å². The highest BCUT2D eigenvalue weighted by Crippen LogP contribution is 2.23. The van der Waals surface area contributed by atoms with E-state index in [2.05, 4.69) is 5.32 Å². The number of carbonyl (C=O) groups excluding carboxylic acids is 1. The Hall–Kier alpha value is -1.88. The van der Waals surface area contributed by atoms with Crippen LogP contribution in [-0.4, -0.2) is 41.0 Å². The van der Waals surface area contributed by atoms with Gasteiger partial charge in [0.2, 0.25) is 5.91 Å². The van der Waals surface area contributed by atoms with Gasteiger partial charge in [-0.05, 0) is 37.4 Å². The molecule has 1 aromatic carbocycles. The fraction of sp³-hybridized carbons (Fsp3) is 0.500. The molecule has 1 aromatic rings. The third kappa shape index (κ3) is 4.29. The summed E-state index contributed by atoms with van der Waals surface area (Å²) in [4.78, 5) is 25.2. The molecule has 1 aliphatic rings. The molecule has 2 unspecified atom stereocenters. The monoisotopic (exact) mass is 290 g/mol. The molecule has 5 nitrogen and oxygen atoms in total. The first kappa shape index (κ1) is 15.5. The average molecular weight is 290 g/mol. The fourth-order valence-corrected chi connectivity index (χ4v) is 2.91. The van der Waals surface area contributed by atoms with E-state index in [-0.39, 0.29) is 11.8 Å². The fourth-order valence-electron chi connectivity index (χ4n) is 2.91. The second-order valence-electron chi connectivity index (χ2n) is 5.60. The summed E-state index contributed by atoms with van der Waals surface area (Å²) in [5.41, 5.74) is 0.768. The lowest BCUT2D eigenvalue weighted by molar-refractivity contribution is -0.147. The SMILES string of the molecule is CC1CCCN(CCC(=O)Nc2ccccc2)C1C(=O)O. The van der Waals surface area contributed by atoms with Gasteiger partial charge in [-0.1, -0.05) is 25.1 Å². The van der Waals surface area contributed by atoms with E-state index in [9.17, 15) is 14.7 Å². The molecule has 0 bridgehead atoms. The number of nitrogens with one attached hydrogen (secondary N) is 1. The standard InChI is InChI=1S/C16H22N2O3/c1-12-6-5-10-18(15(12)16(20)21)11-9-14(19)17-13-7-3-2-4-8-13/h2-4,7-8,12,15H,5-6,9-11H2,1H3,(H,17,19)(H,20,21). The van der Waals surface area contributed by atoms with Gasteiger partial charge < -0.3 is 10.4 Å². The smallest absolute Gasteiger partial charge is 0.321 e. The molecule has 1 amide bonds. The zero-order chi connectivity index (χ0) is 15.2. The molecule has 2 atom stereocenters. The van der Waals surface area contributed by atoms with Crippen LogP contribution in [0.2, 0.25) is 0 Å². The van der Waals surface area contributed by atoms with E-state index in [1.807, 2.05) is 42.2 Å². The summed E-state index contributed by atoms with van der Waals surface area (Å²) in [6, 6.07) is 8.82. The molecule has 0 saturated carbocycles. The van der Waals surface area contributed by atoms with Crippen molar-refractivity contribution in [3.8, 4) is 0 Å². The summed E-state index contributed by atoms with van der Waals surface area (Å²) in [6.07, 6.45) is 2.24. The highest BCUT2D eigenvalue weighted by atomic mass is 16.4. The summed E-state index contributed by atoms with van der Waals surface area (Å²) >= 11 is 0. The molecule has 0 spiro atoms. The molecule has 0 aromatic heterocycles. The Bertz CT molecular complexity index is 490. The van der Waals surface area contributed by atoms with Gasteiger partial charge in [0.05, 0.1) is 0 Å². The van der Waals surface area contributed by atoms with Crippen LogP contribution < -0.4 is 5.32 Å². The van der Waals surface area contributed by atoms with Crippen LogP contribution in [0.25, 0.3) is 0 Å². The molecule has 5 heteroatoms. The van der Waals surface area contributed by atoms with Gasteiger partial charge in [-0.3, -0.25) is 14.5 Å². The van der Waals surface area contributed by atoms with E-state index in [1.165, 1.54) is 0 Å².